The van der Waals surface area contributed by atoms with E-state index in [1.165, 1.54) is 0 Å². The van der Waals surface area contributed by atoms with Gasteiger partial charge in [0.1, 0.15) is 0 Å². The lowest BCUT2D eigenvalue weighted by atomic mass is 10.3. The number of amides is 2. The van der Waals surface area contributed by atoms with Gasteiger partial charge in [0.25, 0.3) is 0 Å². The van der Waals surface area contributed by atoms with Crippen LogP contribution in [0.15, 0.2) is 0 Å². The maximum Gasteiger partial charge on any atom is 0.317 e. The normalized spacial score (nSPS) is 12.8. The molecule has 1 unspecified atom stereocenters. The summed E-state index contributed by atoms with van der Waals surface area (Å²) in [6, 6.07) is 0.191. The highest BCUT2D eigenvalue weighted by atomic mass is 16.2. The molecule has 0 saturated heterocycles. The largest absolute Gasteiger partial charge is 0.334 e. The summed E-state index contributed by atoms with van der Waals surface area (Å²) in [4.78, 5) is 13.0. The van der Waals surface area contributed by atoms with Crippen molar-refractivity contribution in [3.8, 4) is 0 Å². The average Bonchev–Trinajstić information content (AvgIpc) is 2.02. The van der Waals surface area contributed by atoms with E-state index in [1.807, 2.05) is 20.8 Å². The first-order valence-corrected chi connectivity index (χ1v) is 4.22. The van der Waals surface area contributed by atoms with E-state index in [2.05, 4.69) is 5.32 Å². The molecule has 0 aromatic rings. The first-order chi connectivity index (χ1) is 5.49. The Balaban J connectivity index is 3.87. The van der Waals surface area contributed by atoms with Gasteiger partial charge < -0.3 is 16.0 Å². The molecule has 4 heteroatoms. The lowest BCUT2D eigenvalue weighted by Crippen LogP contribution is -2.46. The van der Waals surface area contributed by atoms with Gasteiger partial charge in [-0.2, -0.15) is 0 Å². The van der Waals surface area contributed by atoms with Gasteiger partial charge in [0.2, 0.25) is 0 Å². The third kappa shape index (κ3) is 3.57. The van der Waals surface area contributed by atoms with Crippen molar-refractivity contribution >= 4 is 6.03 Å². The number of carbonyl (C=O) groups excluding carboxylic acids is 1. The molecule has 0 spiro atoms. The highest BCUT2D eigenvalue weighted by Gasteiger charge is 2.12. The SMILES string of the molecule is CC(CN)NC(=O)N(C)C(C)C. The van der Waals surface area contributed by atoms with Crippen LogP contribution in [0.1, 0.15) is 20.8 Å². The molecule has 0 radical (unpaired) electrons. The van der Waals surface area contributed by atoms with E-state index < -0.39 is 0 Å². The number of hydrogen-bond donors (Lipinski definition) is 2. The van der Waals surface area contributed by atoms with Gasteiger partial charge >= 0.3 is 6.03 Å². The molecule has 12 heavy (non-hydrogen) atoms. The fraction of sp³-hybridized carbons (Fsp3) is 0.875. The van der Waals surface area contributed by atoms with Crippen LogP contribution >= 0.6 is 0 Å². The minimum Gasteiger partial charge on any atom is -0.334 e. The summed E-state index contributed by atoms with van der Waals surface area (Å²) in [6.45, 7) is 6.28. The standard InChI is InChI=1S/C8H19N3O/c1-6(2)11(4)8(12)10-7(3)5-9/h6-7H,5,9H2,1-4H3,(H,10,12). The number of carbonyl (C=O) groups is 1. The second-order valence-corrected chi connectivity index (χ2v) is 3.29. The fourth-order valence-electron chi connectivity index (χ4n) is 0.606. The lowest BCUT2D eigenvalue weighted by molar-refractivity contribution is 0.194. The Labute approximate surface area is 74.1 Å². The van der Waals surface area contributed by atoms with E-state index in [1.54, 1.807) is 11.9 Å². The van der Waals surface area contributed by atoms with Crippen molar-refractivity contribution in [3.63, 3.8) is 0 Å². The Kier molecular flexibility index (Phi) is 4.66. The van der Waals surface area contributed by atoms with Crippen molar-refractivity contribution in [1.82, 2.24) is 10.2 Å². The minimum atomic E-state index is -0.0667. The minimum absolute atomic E-state index is 0.0405. The van der Waals surface area contributed by atoms with E-state index in [-0.39, 0.29) is 18.1 Å². The molecule has 0 rings (SSSR count). The molecule has 0 aliphatic heterocycles. The topological polar surface area (TPSA) is 58.4 Å². The number of nitrogens with one attached hydrogen (secondary N) is 1. The number of nitrogens with two attached hydrogens (primary N) is 1. The summed E-state index contributed by atoms with van der Waals surface area (Å²) in [5, 5.41) is 2.77. The Hall–Kier alpha value is -0.770. The molecule has 3 N–H and O–H groups in total. The van der Waals surface area contributed by atoms with Crippen molar-refractivity contribution in [2.24, 2.45) is 5.73 Å². The Morgan fingerprint density at radius 2 is 2.00 bits per heavy atom. The molecular weight excluding hydrogens is 154 g/mol. The Bertz CT molecular complexity index is 147. The summed E-state index contributed by atoms with van der Waals surface area (Å²) in [5.74, 6) is 0. The number of urea groups is 1. The van der Waals surface area contributed by atoms with Crippen LogP contribution in [0, 0.1) is 0 Å². The predicted octanol–water partition coefficient (Wildman–Crippen LogP) is 0.383. The van der Waals surface area contributed by atoms with Crippen LogP contribution in [0.3, 0.4) is 0 Å². The predicted molar refractivity (Wildman–Crippen MR) is 49.9 cm³/mol. The number of nitrogens with zero attached hydrogens (tertiary/aromatic N) is 1. The van der Waals surface area contributed by atoms with E-state index in [0.717, 1.165) is 0 Å². The number of rotatable bonds is 3. The molecular formula is C8H19N3O. The molecule has 0 saturated carbocycles. The third-order valence-corrected chi connectivity index (χ3v) is 1.82. The molecule has 0 bridgehead atoms. The molecule has 0 fully saturated rings. The zero-order valence-corrected chi connectivity index (χ0v) is 8.29. The summed E-state index contributed by atoms with van der Waals surface area (Å²) in [6.07, 6.45) is 0. The molecule has 0 aromatic heterocycles. The zero-order chi connectivity index (χ0) is 9.72. The summed E-state index contributed by atoms with van der Waals surface area (Å²) < 4.78 is 0. The van der Waals surface area contributed by atoms with Gasteiger partial charge in [-0.1, -0.05) is 0 Å². The first kappa shape index (κ1) is 11.2. The van der Waals surface area contributed by atoms with Crippen LogP contribution in [-0.4, -0.2) is 36.6 Å². The second-order valence-electron chi connectivity index (χ2n) is 3.29. The number of hydrogen-bond acceptors (Lipinski definition) is 2. The van der Waals surface area contributed by atoms with Gasteiger partial charge in [-0.25, -0.2) is 4.79 Å². The van der Waals surface area contributed by atoms with Crippen molar-refractivity contribution in [2.45, 2.75) is 32.9 Å². The van der Waals surface area contributed by atoms with Crippen LogP contribution in [0.2, 0.25) is 0 Å². The first-order valence-electron chi connectivity index (χ1n) is 4.22. The lowest BCUT2D eigenvalue weighted by Gasteiger charge is -2.23. The second kappa shape index (κ2) is 4.98. The smallest absolute Gasteiger partial charge is 0.317 e. The maximum atomic E-state index is 11.3. The zero-order valence-electron chi connectivity index (χ0n) is 8.29. The molecule has 1 atom stereocenters. The van der Waals surface area contributed by atoms with E-state index >= 15 is 0 Å². The van der Waals surface area contributed by atoms with Crippen LogP contribution in [0.4, 0.5) is 4.79 Å². The highest BCUT2D eigenvalue weighted by molar-refractivity contribution is 5.74. The fourth-order valence-corrected chi connectivity index (χ4v) is 0.606. The molecule has 72 valence electrons. The van der Waals surface area contributed by atoms with Gasteiger partial charge in [0, 0.05) is 25.7 Å². The van der Waals surface area contributed by atoms with Gasteiger partial charge in [-0.05, 0) is 20.8 Å². The van der Waals surface area contributed by atoms with Crippen LogP contribution in [0.5, 0.6) is 0 Å². The van der Waals surface area contributed by atoms with Crippen LogP contribution in [0.25, 0.3) is 0 Å². The van der Waals surface area contributed by atoms with E-state index in [4.69, 9.17) is 5.73 Å². The van der Waals surface area contributed by atoms with Crippen molar-refractivity contribution < 1.29 is 4.79 Å². The quantitative estimate of drug-likeness (QED) is 0.648. The van der Waals surface area contributed by atoms with Crippen LogP contribution in [-0.2, 0) is 0 Å². The molecule has 0 aromatic carbocycles. The van der Waals surface area contributed by atoms with Crippen molar-refractivity contribution in [1.29, 1.82) is 0 Å². The van der Waals surface area contributed by atoms with Gasteiger partial charge in [0.05, 0.1) is 0 Å². The monoisotopic (exact) mass is 173 g/mol. The maximum absolute atomic E-state index is 11.3. The van der Waals surface area contributed by atoms with Crippen molar-refractivity contribution in [2.75, 3.05) is 13.6 Å². The third-order valence-electron chi connectivity index (χ3n) is 1.82. The van der Waals surface area contributed by atoms with Crippen LogP contribution < -0.4 is 11.1 Å². The molecule has 2 amide bonds. The van der Waals surface area contributed by atoms with E-state index in [0.29, 0.717) is 6.54 Å². The Morgan fingerprint density at radius 1 is 1.50 bits per heavy atom. The highest BCUT2D eigenvalue weighted by Crippen LogP contribution is 1.94. The van der Waals surface area contributed by atoms with Gasteiger partial charge in [0.15, 0.2) is 0 Å². The van der Waals surface area contributed by atoms with Crippen molar-refractivity contribution in [3.05, 3.63) is 0 Å². The summed E-state index contributed by atoms with van der Waals surface area (Å²) in [7, 11) is 1.77. The summed E-state index contributed by atoms with van der Waals surface area (Å²) >= 11 is 0. The molecule has 0 aliphatic rings. The molecule has 4 nitrogen and oxygen atoms in total. The molecule has 0 aliphatic carbocycles. The average molecular weight is 173 g/mol. The van der Waals surface area contributed by atoms with E-state index in [9.17, 15) is 4.79 Å². The van der Waals surface area contributed by atoms with Gasteiger partial charge in [-0.15, -0.1) is 0 Å². The molecule has 0 heterocycles. The summed E-state index contributed by atoms with van der Waals surface area (Å²) in [5.41, 5.74) is 5.36. The Morgan fingerprint density at radius 3 is 2.33 bits per heavy atom. The van der Waals surface area contributed by atoms with Gasteiger partial charge in [-0.3, -0.25) is 0 Å².